The second-order valence-electron chi connectivity index (χ2n) is 12.3. The van der Waals surface area contributed by atoms with Gasteiger partial charge in [-0.1, -0.05) is 127 Å². The molecule has 0 aliphatic rings. The molecule has 0 aliphatic carbocycles. The number of thiophene rings is 1. The monoisotopic (exact) mass is 642 g/mol. The summed E-state index contributed by atoms with van der Waals surface area (Å²) in [5, 5.41) is 9.61. The number of nitrogens with zero attached hydrogens (tertiary/aromatic N) is 4. The second-order valence-corrected chi connectivity index (χ2v) is 13.3. The van der Waals surface area contributed by atoms with Crippen molar-refractivity contribution in [3.63, 3.8) is 0 Å². The van der Waals surface area contributed by atoms with Crippen molar-refractivity contribution < 1.29 is 0 Å². The summed E-state index contributed by atoms with van der Waals surface area (Å²) in [6.45, 7) is 0. The molecule has 0 N–H and O–H groups in total. The standard InChI is InChI=1S/C44H26N4S/c1-2-10-28(11-3-1)42-46-43(30-18-17-27-9-4-5-12-29(27)25-30)48-44(47-42)39-22-20-34(31-13-6-7-14-33(31)39)32-15-8-16-37-35(32)19-21-38-36-23-24-45-26-40(36)49-41(37)38/h1-26H. The van der Waals surface area contributed by atoms with E-state index in [2.05, 4.69) is 132 Å². The van der Waals surface area contributed by atoms with E-state index in [1.165, 1.54) is 47.5 Å². The lowest BCUT2D eigenvalue weighted by atomic mass is 9.91. The van der Waals surface area contributed by atoms with Crippen molar-refractivity contribution in [3.8, 4) is 45.3 Å². The van der Waals surface area contributed by atoms with Crippen molar-refractivity contribution in [2.45, 2.75) is 0 Å². The molecule has 7 aromatic carbocycles. The van der Waals surface area contributed by atoms with E-state index in [0.717, 1.165) is 32.8 Å². The van der Waals surface area contributed by atoms with Gasteiger partial charge in [-0.2, -0.15) is 0 Å². The highest BCUT2D eigenvalue weighted by Crippen LogP contribution is 2.43. The molecule has 228 valence electrons. The maximum atomic E-state index is 5.14. The maximum Gasteiger partial charge on any atom is 0.164 e. The van der Waals surface area contributed by atoms with Gasteiger partial charge >= 0.3 is 0 Å². The quantitative estimate of drug-likeness (QED) is 0.192. The first-order valence-electron chi connectivity index (χ1n) is 16.3. The normalized spacial score (nSPS) is 11.7. The van der Waals surface area contributed by atoms with Crippen LogP contribution in [-0.2, 0) is 0 Å². The van der Waals surface area contributed by atoms with Gasteiger partial charge in [-0.05, 0) is 56.3 Å². The molecule has 0 unspecified atom stereocenters. The van der Waals surface area contributed by atoms with Gasteiger partial charge in [-0.3, -0.25) is 4.98 Å². The van der Waals surface area contributed by atoms with Gasteiger partial charge in [0.25, 0.3) is 0 Å². The molecule has 49 heavy (non-hydrogen) atoms. The Morgan fingerprint density at radius 3 is 1.90 bits per heavy atom. The van der Waals surface area contributed by atoms with Crippen LogP contribution in [0.15, 0.2) is 158 Å². The van der Waals surface area contributed by atoms with Gasteiger partial charge in [0.1, 0.15) is 0 Å². The van der Waals surface area contributed by atoms with Crippen molar-refractivity contribution >= 4 is 63.8 Å². The lowest BCUT2D eigenvalue weighted by Crippen LogP contribution is -2.01. The van der Waals surface area contributed by atoms with Crippen molar-refractivity contribution in [2.75, 3.05) is 0 Å². The molecule has 5 heteroatoms. The third-order valence-corrected chi connectivity index (χ3v) is 10.6. The number of pyridine rings is 1. The summed E-state index contributed by atoms with van der Waals surface area (Å²) in [6, 6.07) is 51.2. The Kier molecular flexibility index (Phi) is 6.32. The Bertz CT molecular complexity index is 2890. The molecule has 0 atom stereocenters. The van der Waals surface area contributed by atoms with Crippen molar-refractivity contribution in [2.24, 2.45) is 0 Å². The largest absolute Gasteiger partial charge is 0.263 e. The predicted molar refractivity (Wildman–Crippen MR) is 205 cm³/mol. The molecule has 3 heterocycles. The van der Waals surface area contributed by atoms with E-state index < -0.39 is 0 Å². The van der Waals surface area contributed by atoms with E-state index in [4.69, 9.17) is 15.0 Å². The number of hydrogen-bond acceptors (Lipinski definition) is 5. The lowest BCUT2D eigenvalue weighted by molar-refractivity contribution is 1.08. The fourth-order valence-electron chi connectivity index (χ4n) is 7.08. The maximum absolute atomic E-state index is 5.14. The molecule has 10 rings (SSSR count). The van der Waals surface area contributed by atoms with Crippen LogP contribution in [0.4, 0.5) is 0 Å². The van der Waals surface area contributed by atoms with E-state index in [0.29, 0.717) is 17.5 Å². The zero-order valence-corrected chi connectivity index (χ0v) is 27.0. The molecule has 4 nitrogen and oxygen atoms in total. The number of rotatable bonds is 4. The molecule has 0 fully saturated rings. The van der Waals surface area contributed by atoms with Gasteiger partial charge in [-0.15, -0.1) is 11.3 Å². The third-order valence-electron chi connectivity index (χ3n) is 9.43. The first-order valence-corrected chi connectivity index (χ1v) is 17.1. The van der Waals surface area contributed by atoms with Crippen LogP contribution >= 0.6 is 11.3 Å². The van der Waals surface area contributed by atoms with Crippen LogP contribution in [0.1, 0.15) is 0 Å². The van der Waals surface area contributed by atoms with Crippen LogP contribution in [0, 0.1) is 0 Å². The van der Waals surface area contributed by atoms with E-state index in [1.807, 2.05) is 41.9 Å². The van der Waals surface area contributed by atoms with Gasteiger partial charge in [-0.25, -0.2) is 15.0 Å². The topological polar surface area (TPSA) is 51.6 Å². The van der Waals surface area contributed by atoms with Gasteiger partial charge < -0.3 is 0 Å². The lowest BCUT2D eigenvalue weighted by Gasteiger charge is -2.14. The summed E-state index contributed by atoms with van der Waals surface area (Å²) in [6.07, 6.45) is 3.85. The van der Waals surface area contributed by atoms with Gasteiger partial charge in [0.15, 0.2) is 17.5 Å². The van der Waals surface area contributed by atoms with Crippen LogP contribution in [0.3, 0.4) is 0 Å². The Balaban J connectivity index is 1.18. The number of fused-ring (bicyclic) bond motifs is 7. The van der Waals surface area contributed by atoms with Crippen LogP contribution in [0.25, 0.3) is 97.8 Å². The minimum atomic E-state index is 0.651. The highest BCUT2D eigenvalue weighted by molar-refractivity contribution is 7.26. The minimum Gasteiger partial charge on any atom is -0.263 e. The first-order chi connectivity index (χ1) is 24.3. The fraction of sp³-hybridized carbons (Fsp3) is 0. The zero-order valence-electron chi connectivity index (χ0n) is 26.2. The zero-order chi connectivity index (χ0) is 32.3. The Hall–Kier alpha value is -6.30. The molecule has 0 saturated heterocycles. The molecule has 0 spiro atoms. The summed E-state index contributed by atoms with van der Waals surface area (Å²) >= 11 is 1.81. The molecule has 10 aromatic rings. The number of benzene rings is 7. The molecular weight excluding hydrogens is 617 g/mol. The minimum absolute atomic E-state index is 0.651. The first kappa shape index (κ1) is 27.8. The number of aromatic nitrogens is 4. The summed E-state index contributed by atoms with van der Waals surface area (Å²) in [5.74, 6) is 1.95. The molecule has 0 saturated carbocycles. The van der Waals surface area contributed by atoms with Crippen LogP contribution in [0.2, 0.25) is 0 Å². The van der Waals surface area contributed by atoms with Gasteiger partial charge in [0, 0.05) is 49.9 Å². The smallest absolute Gasteiger partial charge is 0.164 e. The van der Waals surface area contributed by atoms with Gasteiger partial charge in [0.05, 0.1) is 4.70 Å². The van der Waals surface area contributed by atoms with Gasteiger partial charge in [0.2, 0.25) is 0 Å². The van der Waals surface area contributed by atoms with E-state index in [-0.39, 0.29) is 0 Å². The van der Waals surface area contributed by atoms with Crippen molar-refractivity contribution in [3.05, 3.63) is 158 Å². The molecule has 0 aliphatic heterocycles. The average Bonchev–Trinajstić information content (AvgIpc) is 3.57. The Morgan fingerprint density at radius 2 is 1.02 bits per heavy atom. The van der Waals surface area contributed by atoms with E-state index >= 15 is 0 Å². The average molecular weight is 643 g/mol. The Morgan fingerprint density at radius 1 is 0.388 bits per heavy atom. The Labute approximate surface area is 286 Å². The molecule has 0 bridgehead atoms. The summed E-state index contributed by atoms with van der Waals surface area (Å²) in [4.78, 5) is 19.6. The highest BCUT2D eigenvalue weighted by Gasteiger charge is 2.18. The van der Waals surface area contributed by atoms with E-state index in [1.54, 1.807) is 0 Å². The molecular formula is C44H26N4S. The highest BCUT2D eigenvalue weighted by atomic mass is 32.1. The summed E-state index contributed by atoms with van der Waals surface area (Å²) < 4.78 is 2.50. The summed E-state index contributed by atoms with van der Waals surface area (Å²) in [7, 11) is 0. The third kappa shape index (κ3) is 4.59. The SMILES string of the molecule is c1ccc(-c2nc(-c3ccc4ccccc4c3)nc(-c3ccc(-c4cccc5c4ccc4c6ccncc6sc54)c4ccccc34)n2)cc1. The van der Waals surface area contributed by atoms with E-state index in [9.17, 15) is 0 Å². The van der Waals surface area contributed by atoms with Crippen LogP contribution < -0.4 is 0 Å². The second kappa shape index (κ2) is 11.2. The fourth-order valence-corrected chi connectivity index (χ4v) is 8.28. The molecule has 0 radical (unpaired) electrons. The predicted octanol–water partition coefficient (Wildman–Crippen LogP) is 11.8. The van der Waals surface area contributed by atoms with Crippen LogP contribution in [-0.4, -0.2) is 19.9 Å². The molecule has 0 amide bonds. The summed E-state index contributed by atoms with van der Waals surface area (Å²) in [5.41, 5.74) is 5.27. The van der Waals surface area contributed by atoms with Crippen LogP contribution in [0.5, 0.6) is 0 Å². The van der Waals surface area contributed by atoms with Crippen molar-refractivity contribution in [1.29, 1.82) is 0 Å². The van der Waals surface area contributed by atoms with Crippen molar-refractivity contribution in [1.82, 2.24) is 19.9 Å². The number of hydrogen-bond donors (Lipinski definition) is 0. The molecule has 3 aromatic heterocycles.